The van der Waals surface area contributed by atoms with Crippen LogP contribution in [-0.2, 0) is 14.8 Å². The summed E-state index contributed by atoms with van der Waals surface area (Å²) in [7, 11) is -2.24. The molecule has 0 saturated carbocycles. The van der Waals surface area contributed by atoms with Gasteiger partial charge in [-0.3, -0.25) is 0 Å². The van der Waals surface area contributed by atoms with Crippen LogP contribution in [0.25, 0.3) is 0 Å². The first-order valence-corrected chi connectivity index (χ1v) is 7.80. The zero-order chi connectivity index (χ0) is 15.4. The van der Waals surface area contributed by atoms with Gasteiger partial charge in [-0.2, -0.15) is 0 Å². The van der Waals surface area contributed by atoms with Gasteiger partial charge in [-0.05, 0) is 25.1 Å². The average Bonchev–Trinajstić information content (AvgIpc) is 2.37. The number of benzene rings is 1. The van der Waals surface area contributed by atoms with E-state index in [9.17, 15) is 13.5 Å². The molecule has 0 aromatic heterocycles. The minimum Gasteiger partial charge on any atom is -0.397 e. The number of nitrogens with one attached hydrogen (secondary N) is 1. The van der Waals surface area contributed by atoms with Crippen molar-refractivity contribution >= 4 is 27.3 Å². The molecule has 20 heavy (non-hydrogen) atoms. The summed E-state index contributed by atoms with van der Waals surface area (Å²) >= 11 is 5.74. The van der Waals surface area contributed by atoms with E-state index in [1.54, 1.807) is 0 Å². The minimum absolute atomic E-state index is 0.00180. The molecular formula is C12H19ClN2O4S. The lowest BCUT2D eigenvalue weighted by Crippen LogP contribution is -2.41. The highest BCUT2D eigenvalue weighted by Gasteiger charge is 2.24. The van der Waals surface area contributed by atoms with Crippen LogP contribution in [0.5, 0.6) is 0 Å². The Bertz CT molecular complexity index is 561. The Hall–Kier alpha value is -0.860. The standard InChI is InChI=1S/C12H19ClN2O4S/c1-12(16,5-6-19-2)8-15-20(17,18)9-3-4-10(13)11(14)7-9/h3-4,7,15-16H,5-6,8,14H2,1-2H3. The first kappa shape index (κ1) is 17.2. The van der Waals surface area contributed by atoms with Crippen molar-refractivity contribution in [2.24, 2.45) is 0 Å². The van der Waals surface area contributed by atoms with Crippen LogP contribution in [0.15, 0.2) is 23.1 Å². The number of rotatable bonds is 7. The van der Waals surface area contributed by atoms with E-state index in [0.717, 1.165) is 0 Å². The number of hydrogen-bond donors (Lipinski definition) is 3. The van der Waals surface area contributed by atoms with Crippen molar-refractivity contribution in [3.05, 3.63) is 23.2 Å². The molecule has 8 heteroatoms. The molecule has 1 unspecified atom stereocenters. The third kappa shape index (κ3) is 4.92. The topological polar surface area (TPSA) is 102 Å². The second-order valence-electron chi connectivity index (χ2n) is 4.75. The van der Waals surface area contributed by atoms with E-state index in [2.05, 4.69) is 4.72 Å². The number of sulfonamides is 1. The summed E-state index contributed by atoms with van der Waals surface area (Å²) in [6.07, 6.45) is 0.314. The third-order valence-corrected chi connectivity index (χ3v) is 4.51. The molecule has 4 N–H and O–H groups in total. The number of methoxy groups -OCH3 is 1. The molecule has 1 aromatic carbocycles. The summed E-state index contributed by atoms with van der Waals surface area (Å²) in [5.41, 5.74) is 4.56. The summed E-state index contributed by atoms with van der Waals surface area (Å²) in [6.45, 7) is 1.74. The molecule has 0 spiro atoms. The number of nitrogens with two attached hydrogens (primary N) is 1. The predicted molar refractivity (Wildman–Crippen MR) is 78.2 cm³/mol. The minimum atomic E-state index is -3.75. The van der Waals surface area contributed by atoms with Gasteiger partial charge < -0.3 is 15.6 Å². The Kier molecular flexibility index (Phi) is 5.79. The monoisotopic (exact) mass is 322 g/mol. The van der Waals surface area contributed by atoms with E-state index in [1.165, 1.54) is 32.2 Å². The maximum absolute atomic E-state index is 12.1. The quantitative estimate of drug-likeness (QED) is 0.650. The molecule has 0 saturated heterocycles. The van der Waals surface area contributed by atoms with Crippen LogP contribution >= 0.6 is 11.6 Å². The summed E-state index contributed by atoms with van der Waals surface area (Å²) < 4.78 is 31.3. The number of halogens is 1. The number of anilines is 1. The fraction of sp³-hybridized carbons (Fsp3) is 0.500. The van der Waals surface area contributed by atoms with Crippen LogP contribution in [0.1, 0.15) is 13.3 Å². The molecule has 1 atom stereocenters. The second-order valence-corrected chi connectivity index (χ2v) is 6.92. The number of ether oxygens (including phenoxy) is 1. The molecule has 0 fully saturated rings. The highest BCUT2D eigenvalue weighted by atomic mass is 35.5. The van der Waals surface area contributed by atoms with Crippen LogP contribution in [0, 0.1) is 0 Å². The first-order chi connectivity index (χ1) is 9.18. The summed E-state index contributed by atoms with van der Waals surface area (Å²) in [5, 5.41) is 10.3. The molecule has 0 aliphatic carbocycles. The van der Waals surface area contributed by atoms with Gasteiger partial charge in [0.2, 0.25) is 10.0 Å². The van der Waals surface area contributed by atoms with Gasteiger partial charge in [-0.1, -0.05) is 11.6 Å². The van der Waals surface area contributed by atoms with Gasteiger partial charge in [0.15, 0.2) is 0 Å². The third-order valence-electron chi connectivity index (χ3n) is 2.77. The Labute approximate surface area is 123 Å². The van der Waals surface area contributed by atoms with Crippen molar-refractivity contribution in [3.63, 3.8) is 0 Å². The molecule has 0 bridgehead atoms. The average molecular weight is 323 g/mol. The van der Waals surface area contributed by atoms with Crippen molar-refractivity contribution in [3.8, 4) is 0 Å². The van der Waals surface area contributed by atoms with Crippen LogP contribution in [0.4, 0.5) is 5.69 Å². The van der Waals surface area contributed by atoms with Crippen molar-refractivity contribution in [1.29, 1.82) is 0 Å². The zero-order valence-electron chi connectivity index (χ0n) is 11.4. The Morgan fingerprint density at radius 2 is 2.15 bits per heavy atom. The summed E-state index contributed by atoms with van der Waals surface area (Å²) in [6, 6.07) is 4.04. The molecule has 0 aliphatic rings. The van der Waals surface area contributed by atoms with Gasteiger partial charge in [0.05, 0.1) is 21.2 Å². The van der Waals surface area contributed by atoms with E-state index in [0.29, 0.717) is 13.0 Å². The van der Waals surface area contributed by atoms with E-state index in [4.69, 9.17) is 22.1 Å². The molecule has 0 heterocycles. The summed E-state index contributed by atoms with van der Waals surface area (Å²) in [5.74, 6) is 0. The maximum atomic E-state index is 12.1. The van der Waals surface area contributed by atoms with Crippen molar-refractivity contribution in [2.45, 2.75) is 23.8 Å². The van der Waals surface area contributed by atoms with E-state index >= 15 is 0 Å². The molecule has 0 radical (unpaired) electrons. The lowest BCUT2D eigenvalue weighted by molar-refractivity contribution is 0.0292. The maximum Gasteiger partial charge on any atom is 0.240 e. The lowest BCUT2D eigenvalue weighted by Gasteiger charge is -2.23. The van der Waals surface area contributed by atoms with Gasteiger partial charge in [0.1, 0.15) is 0 Å². The van der Waals surface area contributed by atoms with Gasteiger partial charge >= 0.3 is 0 Å². The largest absolute Gasteiger partial charge is 0.397 e. The van der Waals surface area contributed by atoms with Gasteiger partial charge in [0, 0.05) is 26.7 Å². The van der Waals surface area contributed by atoms with Crippen molar-refractivity contribution in [1.82, 2.24) is 4.72 Å². The Balaban J connectivity index is 2.77. The highest BCUT2D eigenvalue weighted by molar-refractivity contribution is 7.89. The van der Waals surface area contributed by atoms with E-state index < -0.39 is 15.6 Å². The zero-order valence-corrected chi connectivity index (χ0v) is 13.0. The van der Waals surface area contributed by atoms with Crippen LogP contribution in [0.2, 0.25) is 5.02 Å². The summed E-state index contributed by atoms with van der Waals surface area (Å²) in [4.78, 5) is 0.00180. The number of nitrogen functional groups attached to an aromatic ring is 1. The van der Waals surface area contributed by atoms with Crippen molar-refractivity contribution < 1.29 is 18.3 Å². The smallest absolute Gasteiger partial charge is 0.240 e. The van der Waals surface area contributed by atoms with Crippen molar-refractivity contribution in [2.75, 3.05) is 26.0 Å². The molecule has 1 rings (SSSR count). The highest BCUT2D eigenvalue weighted by Crippen LogP contribution is 2.22. The normalized spacial score (nSPS) is 15.0. The predicted octanol–water partition coefficient (Wildman–Crippen LogP) is 0.988. The van der Waals surface area contributed by atoms with Gasteiger partial charge in [0.25, 0.3) is 0 Å². The molecule has 6 nitrogen and oxygen atoms in total. The Morgan fingerprint density at radius 1 is 1.50 bits per heavy atom. The van der Waals surface area contributed by atoms with E-state index in [1.807, 2.05) is 0 Å². The Morgan fingerprint density at radius 3 is 2.70 bits per heavy atom. The van der Waals surface area contributed by atoms with Crippen LogP contribution < -0.4 is 10.5 Å². The molecule has 1 aromatic rings. The second kappa shape index (κ2) is 6.73. The fourth-order valence-corrected chi connectivity index (χ4v) is 2.75. The van der Waals surface area contributed by atoms with E-state index in [-0.39, 0.29) is 22.2 Å². The molecular weight excluding hydrogens is 304 g/mol. The van der Waals surface area contributed by atoms with Gasteiger partial charge in [-0.15, -0.1) is 0 Å². The van der Waals surface area contributed by atoms with Gasteiger partial charge in [-0.25, -0.2) is 13.1 Å². The molecule has 0 aliphatic heterocycles. The fourth-order valence-electron chi connectivity index (χ4n) is 1.43. The van der Waals surface area contributed by atoms with Crippen LogP contribution in [-0.4, -0.2) is 39.4 Å². The lowest BCUT2D eigenvalue weighted by atomic mass is 10.0. The molecule has 114 valence electrons. The first-order valence-electron chi connectivity index (χ1n) is 5.94. The number of aliphatic hydroxyl groups is 1. The number of hydrogen-bond acceptors (Lipinski definition) is 5. The van der Waals surface area contributed by atoms with Crippen LogP contribution in [0.3, 0.4) is 0 Å². The SMILES string of the molecule is COCCC(C)(O)CNS(=O)(=O)c1ccc(Cl)c(N)c1. The molecule has 0 amide bonds.